The fourth-order valence-electron chi connectivity index (χ4n) is 1.55. The average molecular weight is 276 g/mol. The van der Waals surface area contributed by atoms with E-state index in [0.29, 0.717) is 0 Å². The molecular formula is C11H9NaO3S2. The quantitative estimate of drug-likeness (QED) is 0.685. The van der Waals surface area contributed by atoms with Crippen LogP contribution in [0.3, 0.4) is 0 Å². The predicted octanol–water partition coefficient (Wildman–Crippen LogP) is -0.848. The fraction of sp³-hybridized carbons (Fsp3) is 0.0909. The summed E-state index contributed by atoms with van der Waals surface area (Å²) in [7, 11) is -3.81. The van der Waals surface area contributed by atoms with Gasteiger partial charge in [-0.3, -0.25) is 4.18 Å². The third-order valence-corrected chi connectivity index (χ3v) is 2.93. The molecule has 0 heterocycles. The average Bonchev–Trinajstić information content (AvgIpc) is 2.25. The minimum Gasteiger partial charge on any atom is -0.748 e. The van der Waals surface area contributed by atoms with Crippen LogP contribution in [0.2, 0.25) is 0 Å². The van der Waals surface area contributed by atoms with Crippen LogP contribution >= 0.6 is 0 Å². The van der Waals surface area contributed by atoms with E-state index in [1.165, 1.54) is 0 Å². The Morgan fingerprint density at radius 2 is 1.82 bits per heavy atom. The zero-order valence-corrected chi connectivity index (χ0v) is 12.9. The van der Waals surface area contributed by atoms with Gasteiger partial charge in [-0.1, -0.05) is 42.5 Å². The van der Waals surface area contributed by atoms with Gasteiger partial charge in [0.2, 0.25) is 0 Å². The van der Waals surface area contributed by atoms with Crippen LogP contribution in [0.4, 0.5) is 0 Å². The maximum absolute atomic E-state index is 10.7. The van der Waals surface area contributed by atoms with Crippen molar-refractivity contribution in [1.29, 1.82) is 0 Å². The van der Waals surface area contributed by atoms with Gasteiger partial charge in [-0.15, -0.1) is 0 Å². The Bertz CT molecular complexity index is 606. The standard InChI is InChI=1S/C11H10O3S2.Na/c12-16(13,15)14-8-10-6-3-5-9-4-1-2-7-11(9)10;/h1-7H,8H2,(H,12,13,15);/q;+1/p-1. The van der Waals surface area contributed by atoms with E-state index in [4.69, 9.17) is 0 Å². The maximum Gasteiger partial charge on any atom is 1.00 e. The van der Waals surface area contributed by atoms with Gasteiger partial charge in [-0.05, 0) is 27.5 Å². The van der Waals surface area contributed by atoms with Gasteiger partial charge in [0.25, 0.3) is 0 Å². The summed E-state index contributed by atoms with van der Waals surface area (Å²) in [5.74, 6) is 0. The van der Waals surface area contributed by atoms with Crippen LogP contribution in [0.1, 0.15) is 5.56 Å². The Morgan fingerprint density at radius 3 is 2.53 bits per heavy atom. The smallest absolute Gasteiger partial charge is 0.748 e. The van der Waals surface area contributed by atoms with Crippen LogP contribution in [-0.4, -0.2) is 8.76 Å². The molecule has 1 unspecified atom stereocenters. The minimum atomic E-state index is -3.81. The molecule has 0 spiro atoms. The van der Waals surface area contributed by atoms with Crippen molar-refractivity contribution in [1.82, 2.24) is 0 Å². The Labute approximate surface area is 127 Å². The molecule has 0 aromatic heterocycles. The van der Waals surface area contributed by atoms with Crippen molar-refractivity contribution < 1.29 is 42.5 Å². The Morgan fingerprint density at radius 1 is 1.18 bits per heavy atom. The van der Waals surface area contributed by atoms with Crippen LogP contribution in [0.5, 0.6) is 0 Å². The number of hydrogen-bond donors (Lipinski definition) is 0. The SMILES string of the molecule is O=S([O-])(=S)OCc1cccc2ccccc12.[Na+]. The zero-order valence-electron chi connectivity index (χ0n) is 9.29. The van der Waals surface area contributed by atoms with Gasteiger partial charge < -0.3 is 4.55 Å². The monoisotopic (exact) mass is 276 g/mol. The molecule has 0 saturated heterocycles. The molecule has 2 aromatic rings. The molecule has 0 radical (unpaired) electrons. The topological polar surface area (TPSA) is 49.4 Å². The molecule has 0 N–H and O–H groups in total. The van der Waals surface area contributed by atoms with E-state index in [9.17, 15) is 8.76 Å². The predicted molar refractivity (Wildman–Crippen MR) is 65.0 cm³/mol. The van der Waals surface area contributed by atoms with Gasteiger partial charge in [0.1, 0.15) is 0 Å². The van der Waals surface area contributed by atoms with E-state index in [0.717, 1.165) is 16.3 Å². The molecule has 84 valence electrons. The summed E-state index contributed by atoms with van der Waals surface area (Å²) >= 11 is 4.16. The first-order valence-corrected chi connectivity index (χ1v) is 6.96. The molecule has 0 bridgehead atoms. The summed E-state index contributed by atoms with van der Waals surface area (Å²) in [5.41, 5.74) is 0.812. The first-order chi connectivity index (χ1) is 7.56. The summed E-state index contributed by atoms with van der Waals surface area (Å²) in [5, 5.41) is 2.02. The largest absolute Gasteiger partial charge is 1.00 e. The van der Waals surface area contributed by atoms with Crippen LogP contribution in [-0.2, 0) is 31.0 Å². The van der Waals surface area contributed by atoms with E-state index < -0.39 is 9.05 Å². The van der Waals surface area contributed by atoms with E-state index >= 15 is 0 Å². The molecular weight excluding hydrogens is 267 g/mol. The van der Waals surface area contributed by atoms with Crippen molar-refractivity contribution in [2.45, 2.75) is 6.61 Å². The first-order valence-electron chi connectivity index (χ1n) is 4.63. The molecule has 0 fully saturated rings. The number of benzene rings is 2. The molecule has 3 nitrogen and oxygen atoms in total. The Kier molecular flexibility index (Phi) is 5.53. The maximum atomic E-state index is 10.7. The second kappa shape index (κ2) is 6.24. The molecule has 2 rings (SSSR count). The van der Waals surface area contributed by atoms with Gasteiger partial charge in [0.15, 0.2) is 0 Å². The summed E-state index contributed by atoms with van der Waals surface area (Å²) < 4.78 is 26.1. The molecule has 2 aromatic carbocycles. The van der Waals surface area contributed by atoms with Gasteiger partial charge in [-0.25, -0.2) is 4.21 Å². The first kappa shape index (κ1) is 15.0. The Hall–Kier alpha value is -0.0100. The molecule has 0 aliphatic heterocycles. The molecule has 1 atom stereocenters. The van der Waals surface area contributed by atoms with Crippen molar-refractivity contribution in [3.8, 4) is 0 Å². The van der Waals surface area contributed by atoms with Gasteiger partial charge in [0, 0.05) is 0 Å². The van der Waals surface area contributed by atoms with Crippen LogP contribution in [0.25, 0.3) is 10.8 Å². The van der Waals surface area contributed by atoms with E-state index in [1.54, 1.807) is 0 Å². The normalized spacial score (nSPS) is 13.9. The molecule has 0 aliphatic carbocycles. The second-order valence-corrected chi connectivity index (χ2v) is 5.59. The molecule has 17 heavy (non-hydrogen) atoms. The number of hydrogen-bond acceptors (Lipinski definition) is 4. The summed E-state index contributed by atoms with van der Waals surface area (Å²) in [4.78, 5) is 0. The molecule has 0 amide bonds. The van der Waals surface area contributed by atoms with Crippen molar-refractivity contribution >= 4 is 31.0 Å². The molecule has 0 aliphatic rings. The van der Waals surface area contributed by atoms with Crippen LogP contribution < -0.4 is 29.6 Å². The van der Waals surface area contributed by atoms with E-state index in [2.05, 4.69) is 15.4 Å². The van der Waals surface area contributed by atoms with Crippen LogP contribution in [0, 0.1) is 0 Å². The second-order valence-electron chi connectivity index (χ2n) is 3.31. The van der Waals surface area contributed by atoms with E-state index in [-0.39, 0.29) is 36.2 Å². The van der Waals surface area contributed by atoms with Crippen molar-refractivity contribution in [3.05, 3.63) is 48.0 Å². The van der Waals surface area contributed by atoms with Gasteiger partial charge in [0.05, 0.1) is 15.7 Å². The molecule has 0 saturated carbocycles. The van der Waals surface area contributed by atoms with Crippen LogP contribution in [0.15, 0.2) is 42.5 Å². The van der Waals surface area contributed by atoms with E-state index in [1.807, 2.05) is 42.5 Å². The summed E-state index contributed by atoms with van der Waals surface area (Å²) in [6, 6.07) is 13.3. The van der Waals surface area contributed by atoms with Crippen molar-refractivity contribution in [2.75, 3.05) is 0 Å². The van der Waals surface area contributed by atoms with Crippen molar-refractivity contribution in [2.24, 2.45) is 0 Å². The fourth-order valence-corrected chi connectivity index (χ4v) is 1.97. The summed E-state index contributed by atoms with van der Waals surface area (Å²) in [6.07, 6.45) is 0. The third-order valence-electron chi connectivity index (χ3n) is 2.24. The molecule has 6 heteroatoms. The number of rotatable bonds is 3. The van der Waals surface area contributed by atoms with Gasteiger partial charge >= 0.3 is 29.6 Å². The number of fused-ring (bicyclic) bond motifs is 1. The minimum absolute atomic E-state index is 0. The van der Waals surface area contributed by atoms with Gasteiger partial charge in [-0.2, -0.15) is 0 Å². The summed E-state index contributed by atoms with van der Waals surface area (Å²) in [6.45, 7) is -0.0206. The van der Waals surface area contributed by atoms with Crippen molar-refractivity contribution in [3.63, 3.8) is 0 Å². The Balaban J connectivity index is 0.00000144. The third kappa shape index (κ3) is 4.30. The zero-order chi connectivity index (χ0) is 11.6.